The molecule has 2 fully saturated rings. The van der Waals surface area contributed by atoms with Crippen LogP contribution < -0.4 is 4.90 Å². The molecule has 10 heteroatoms. The van der Waals surface area contributed by atoms with Gasteiger partial charge in [-0.05, 0) is 30.7 Å². The second-order valence-electron chi connectivity index (χ2n) is 7.75. The molecular weight excluding hydrogens is 441 g/mol. The molecule has 1 aromatic heterocycles. The van der Waals surface area contributed by atoms with Crippen LogP contribution in [0.5, 0.6) is 0 Å². The zero-order valence-electron chi connectivity index (χ0n) is 16.8. The summed E-state index contributed by atoms with van der Waals surface area (Å²) in [4.78, 5) is 16.9. The van der Waals surface area contributed by atoms with Crippen LogP contribution in [-0.4, -0.2) is 44.7 Å². The van der Waals surface area contributed by atoms with Crippen molar-refractivity contribution in [2.75, 3.05) is 17.2 Å². The van der Waals surface area contributed by atoms with E-state index >= 15 is 0 Å². The molecule has 0 saturated carbocycles. The Morgan fingerprint density at radius 2 is 2.03 bits per heavy atom. The molecule has 3 heterocycles. The maximum atomic E-state index is 15.0. The van der Waals surface area contributed by atoms with Gasteiger partial charge < -0.3 is 9.32 Å². The standard InChI is InChI=1S/C22H19F3N4O2S/c23-18-8-13(20-26-27-21(31-20)19(24)25)6-7-14(18)10-28(15-4-2-1-3-5-15)22(30)29-11-17-9-16(29)12-32-17/h1-8,16-17,19H,9-12H2/t16-,17-/m0/s1. The van der Waals surface area contributed by atoms with Gasteiger partial charge in [-0.15, -0.1) is 10.2 Å². The Kier molecular flexibility index (Phi) is 5.54. The number of carbonyl (C=O) groups is 1. The quantitative estimate of drug-likeness (QED) is 0.528. The Bertz CT molecular complexity index is 1130. The third kappa shape index (κ3) is 3.94. The van der Waals surface area contributed by atoms with E-state index in [0.29, 0.717) is 23.0 Å². The van der Waals surface area contributed by atoms with E-state index in [1.165, 1.54) is 12.1 Å². The Morgan fingerprint density at radius 1 is 1.22 bits per heavy atom. The highest BCUT2D eigenvalue weighted by atomic mass is 32.2. The lowest BCUT2D eigenvalue weighted by Gasteiger charge is -2.33. The lowest BCUT2D eigenvalue weighted by Crippen LogP contribution is -2.47. The summed E-state index contributed by atoms with van der Waals surface area (Å²) in [6.07, 6.45) is -1.91. The molecule has 0 aliphatic carbocycles. The van der Waals surface area contributed by atoms with Gasteiger partial charge in [-0.2, -0.15) is 20.5 Å². The van der Waals surface area contributed by atoms with Crippen LogP contribution in [-0.2, 0) is 6.54 Å². The number of hydrogen-bond donors (Lipinski definition) is 0. The number of benzene rings is 2. The number of para-hydroxylation sites is 1. The minimum absolute atomic E-state index is 0.0299. The minimum atomic E-state index is -2.90. The van der Waals surface area contributed by atoms with Gasteiger partial charge in [-0.1, -0.05) is 24.3 Å². The summed E-state index contributed by atoms with van der Waals surface area (Å²) in [5, 5.41) is 7.28. The Balaban J connectivity index is 1.41. The molecule has 2 amide bonds. The molecule has 166 valence electrons. The van der Waals surface area contributed by atoms with Gasteiger partial charge in [-0.25, -0.2) is 9.18 Å². The summed E-state index contributed by atoms with van der Waals surface area (Å²) in [5.41, 5.74) is 1.16. The number of rotatable bonds is 5. The number of anilines is 1. The van der Waals surface area contributed by atoms with Crippen molar-refractivity contribution in [3.05, 3.63) is 65.8 Å². The highest BCUT2D eigenvalue weighted by Crippen LogP contribution is 2.38. The molecule has 2 aliphatic heterocycles. The van der Waals surface area contributed by atoms with E-state index in [0.717, 1.165) is 18.2 Å². The number of likely N-dealkylation sites (tertiary alicyclic amines) is 1. The molecule has 5 rings (SSSR count). The summed E-state index contributed by atoms with van der Waals surface area (Å²) >= 11 is 1.89. The van der Waals surface area contributed by atoms with Crippen LogP contribution in [0.2, 0.25) is 0 Å². The SMILES string of the molecule is O=C(N(Cc1ccc(-c2nnc(C(F)F)o2)cc1F)c1ccccc1)N1C[C@@H]2C[C@H]1CS2. The Labute approximate surface area is 186 Å². The molecule has 2 saturated heterocycles. The third-order valence-corrected chi connectivity index (χ3v) is 7.09. The fourth-order valence-electron chi connectivity index (χ4n) is 4.08. The largest absolute Gasteiger partial charge is 0.415 e. The first-order valence-corrected chi connectivity index (χ1v) is 11.2. The van der Waals surface area contributed by atoms with Crippen molar-refractivity contribution in [3.63, 3.8) is 0 Å². The molecule has 2 bridgehead atoms. The van der Waals surface area contributed by atoms with Crippen LogP contribution in [0.1, 0.15) is 24.3 Å². The fourth-order valence-corrected chi connectivity index (χ4v) is 5.52. The molecule has 32 heavy (non-hydrogen) atoms. The third-order valence-electron chi connectivity index (χ3n) is 5.70. The van der Waals surface area contributed by atoms with Gasteiger partial charge in [0.1, 0.15) is 5.82 Å². The summed E-state index contributed by atoms with van der Waals surface area (Å²) in [7, 11) is 0. The lowest BCUT2D eigenvalue weighted by molar-refractivity contribution is 0.116. The van der Waals surface area contributed by atoms with Crippen molar-refractivity contribution in [1.82, 2.24) is 15.1 Å². The number of alkyl halides is 2. The lowest BCUT2D eigenvalue weighted by atomic mass is 10.1. The Hall–Kier alpha value is -3.01. The van der Waals surface area contributed by atoms with Crippen LogP contribution in [0, 0.1) is 5.82 Å². The van der Waals surface area contributed by atoms with E-state index in [1.807, 2.05) is 47.0 Å². The van der Waals surface area contributed by atoms with Crippen LogP contribution in [0.25, 0.3) is 11.5 Å². The number of halogens is 3. The molecule has 0 radical (unpaired) electrons. The number of urea groups is 1. The first-order valence-electron chi connectivity index (χ1n) is 10.1. The van der Waals surface area contributed by atoms with Crippen molar-refractivity contribution in [3.8, 4) is 11.5 Å². The number of thioether (sulfide) groups is 1. The summed E-state index contributed by atoms with van der Waals surface area (Å²) in [6.45, 7) is 0.727. The highest BCUT2D eigenvalue weighted by Gasteiger charge is 2.42. The number of amides is 2. The molecule has 2 atom stereocenters. The van der Waals surface area contributed by atoms with Gasteiger partial charge in [0.25, 0.3) is 5.89 Å². The maximum Gasteiger partial charge on any atom is 0.325 e. The topological polar surface area (TPSA) is 62.5 Å². The monoisotopic (exact) mass is 460 g/mol. The average molecular weight is 460 g/mol. The second kappa shape index (κ2) is 8.50. The number of fused-ring (bicyclic) bond motifs is 2. The van der Waals surface area contributed by atoms with Gasteiger partial charge in [-0.3, -0.25) is 4.90 Å². The first-order chi connectivity index (χ1) is 15.5. The number of nitrogens with zero attached hydrogens (tertiary/aromatic N) is 4. The van der Waals surface area contributed by atoms with Crippen molar-refractivity contribution in [1.29, 1.82) is 0 Å². The van der Waals surface area contributed by atoms with Crippen LogP contribution in [0.4, 0.5) is 23.7 Å². The van der Waals surface area contributed by atoms with Crippen molar-refractivity contribution < 1.29 is 22.4 Å². The van der Waals surface area contributed by atoms with Crippen LogP contribution in [0.15, 0.2) is 52.9 Å². The maximum absolute atomic E-state index is 15.0. The van der Waals surface area contributed by atoms with Crippen molar-refractivity contribution in [2.24, 2.45) is 0 Å². The molecule has 2 aromatic carbocycles. The van der Waals surface area contributed by atoms with E-state index in [1.54, 1.807) is 4.90 Å². The minimum Gasteiger partial charge on any atom is -0.415 e. The molecule has 2 aliphatic rings. The van der Waals surface area contributed by atoms with Crippen molar-refractivity contribution in [2.45, 2.75) is 30.7 Å². The summed E-state index contributed by atoms with van der Waals surface area (Å²) in [6, 6.07) is 13.4. The zero-order chi connectivity index (χ0) is 22.2. The Morgan fingerprint density at radius 3 is 2.66 bits per heavy atom. The van der Waals surface area contributed by atoms with Gasteiger partial charge in [0, 0.05) is 40.4 Å². The zero-order valence-corrected chi connectivity index (χ0v) is 17.6. The second-order valence-corrected chi connectivity index (χ2v) is 9.09. The van der Waals surface area contributed by atoms with E-state index in [4.69, 9.17) is 4.42 Å². The van der Waals surface area contributed by atoms with E-state index in [-0.39, 0.29) is 30.1 Å². The number of hydrogen-bond acceptors (Lipinski definition) is 5. The summed E-state index contributed by atoms with van der Waals surface area (Å²) < 4.78 is 45.3. The van der Waals surface area contributed by atoms with Crippen molar-refractivity contribution >= 4 is 23.5 Å². The molecular formula is C22H19F3N4O2S. The highest BCUT2D eigenvalue weighted by molar-refractivity contribution is 8.00. The molecule has 0 unspecified atom stereocenters. The van der Waals surface area contributed by atoms with Gasteiger partial charge in [0.15, 0.2) is 0 Å². The average Bonchev–Trinajstić information content (AvgIpc) is 3.55. The molecule has 6 nitrogen and oxygen atoms in total. The predicted octanol–water partition coefficient (Wildman–Crippen LogP) is 5.13. The summed E-state index contributed by atoms with van der Waals surface area (Å²) in [5.74, 6) is -0.672. The van der Waals surface area contributed by atoms with E-state index < -0.39 is 18.1 Å². The first kappa shape index (κ1) is 20.9. The molecule has 0 N–H and O–H groups in total. The predicted molar refractivity (Wildman–Crippen MR) is 114 cm³/mol. The van der Waals surface area contributed by atoms with E-state index in [2.05, 4.69) is 10.2 Å². The van der Waals surface area contributed by atoms with Crippen LogP contribution in [0.3, 0.4) is 0 Å². The fraction of sp³-hybridized carbons (Fsp3) is 0.318. The van der Waals surface area contributed by atoms with Crippen LogP contribution >= 0.6 is 11.8 Å². The number of carbonyl (C=O) groups excluding carboxylic acids is 1. The number of aromatic nitrogens is 2. The van der Waals surface area contributed by atoms with Gasteiger partial charge in [0.05, 0.1) is 6.54 Å². The molecule has 0 spiro atoms. The van der Waals surface area contributed by atoms with Gasteiger partial charge in [0.2, 0.25) is 5.89 Å². The van der Waals surface area contributed by atoms with Gasteiger partial charge >= 0.3 is 12.5 Å². The normalized spacial score (nSPS) is 19.7. The van der Waals surface area contributed by atoms with E-state index in [9.17, 15) is 18.0 Å². The molecule has 3 aromatic rings. The smallest absolute Gasteiger partial charge is 0.325 e.